The highest BCUT2D eigenvalue weighted by molar-refractivity contribution is 4.90. The van der Waals surface area contributed by atoms with E-state index < -0.39 is 0 Å². The van der Waals surface area contributed by atoms with Crippen molar-refractivity contribution in [3.05, 3.63) is 0 Å². The van der Waals surface area contributed by atoms with Crippen LogP contribution in [0.1, 0.15) is 26.7 Å². The molecule has 19 heavy (non-hydrogen) atoms. The summed E-state index contributed by atoms with van der Waals surface area (Å²) in [7, 11) is 2.24. The van der Waals surface area contributed by atoms with E-state index in [0.717, 1.165) is 46.1 Å². The van der Waals surface area contributed by atoms with Gasteiger partial charge in [-0.2, -0.15) is 0 Å². The second-order valence-electron chi connectivity index (χ2n) is 6.76. The lowest BCUT2D eigenvalue weighted by molar-refractivity contribution is 0.0921. The van der Waals surface area contributed by atoms with Crippen molar-refractivity contribution in [2.75, 3.05) is 53.1 Å². The zero-order chi connectivity index (χ0) is 13.7. The fourth-order valence-electron chi connectivity index (χ4n) is 3.12. The fraction of sp³-hybridized carbons (Fsp3) is 1.00. The minimum Gasteiger partial charge on any atom is -0.381 e. The molecule has 0 bridgehead atoms. The van der Waals surface area contributed by atoms with Gasteiger partial charge in [-0.3, -0.25) is 0 Å². The number of hydrogen-bond donors (Lipinski definition) is 1. The van der Waals surface area contributed by atoms with Gasteiger partial charge in [0, 0.05) is 37.8 Å². The molecule has 4 heteroatoms. The molecule has 0 aromatic rings. The third-order valence-electron chi connectivity index (χ3n) is 4.35. The first kappa shape index (κ1) is 15.2. The van der Waals surface area contributed by atoms with E-state index in [1.807, 2.05) is 0 Å². The molecule has 2 unspecified atom stereocenters. The van der Waals surface area contributed by atoms with Crippen molar-refractivity contribution in [1.29, 1.82) is 0 Å². The van der Waals surface area contributed by atoms with Crippen LogP contribution in [0.4, 0.5) is 0 Å². The summed E-state index contributed by atoms with van der Waals surface area (Å²) < 4.78 is 11.2. The molecule has 1 N–H and O–H groups in total. The first-order valence-electron chi connectivity index (χ1n) is 7.68. The SMILES string of the molecule is CC(C)CNCC1(CN(C)C2CCOC2)CCOC1. The highest BCUT2D eigenvalue weighted by Crippen LogP contribution is 2.30. The van der Waals surface area contributed by atoms with Gasteiger partial charge in [0.25, 0.3) is 0 Å². The van der Waals surface area contributed by atoms with E-state index in [1.165, 1.54) is 12.8 Å². The molecule has 2 saturated heterocycles. The summed E-state index contributed by atoms with van der Waals surface area (Å²) in [6, 6.07) is 0.600. The quantitative estimate of drug-likeness (QED) is 0.757. The molecular formula is C15H30N2O2. The average molecular weight is 270 g/mol. The van der Waals surface area contributed by atoms with E-state index >= 15 is 0 Å². The Bertz CT molecular complexity index is 259. The van der Waals surface area contributed by atoms with Crippen LogP contribution in [0.2, 0.25) is 0 Å². The Labute approximate surface area is 117 Å². The maximum Gasteiger partial charge on any atom is 0.0622 e. The molecule has 4 nitrogen and oxygen atoms in total. The molecule has 0 aromatic carbocycles. The van der Waals surface area contributed by atoms with Crippen LogP contribution in [0, 0.1) is 11.3 Å². The molecular weight excluding hydrogens is 240 g/mol. The molecule has 2 heterocycles. The third-order valence-corrected chi connectivity index (χ3v) is 4.35. The first-order valence-corrected chi connectivity index (χ1v) is 7.68. The van der Waals surface area contributed by atoms with Crippen molar-refractivity contribution >= 4 is 0 Å². The minimum atomic E-state index is 0.298. The number of ether oxygens (including phenoxy) is 2. The van der Waals surface area contributed by atoms with Crippen molar-refractivity contribution in [3.63, 3.8) is 0 Å². The number of hydrogen-bond acceptors (Lipinski definition) is 4. The molecule has 2 atom stereocenters. The minimum absolute atomic E-state index is 0.298. The lowest BCUT2D eigenvalue weighted by atomic mass is 9.86. The molecule has 0 aliphatic carbocycles. The molecule has 2 aliphatic rings. The molecule has 2 fully saturated rings. The summed E-state index contributed by atoms with van der Waals surface area (Å²) in [5.41, 5.74) is 0.298. The zero-order valence-corrected chi connectivity index (χ0v) is 12.8. The lowest BCUT2D eigenvalue weighted by Gasteiger charge is -2.35. The maximum absolute atomic E-state index is 5.68. The van der Waals surface area contributed by atoms with Gasteiger partial charge in [0.1, 0.15) is 0 Å². The highest BCUT2D eigenvalue weighted by Gasteiger charge is 2.37. The lowest BCUT2D eigenvalue weighted by Crippen LogP contribution is -2.47. The standard InChI is InChI=1S/C15H30N2O2/c1-13(2)8-16-10-15(5-7-19-12-15)11-17(3)14-4-6-18-9-14/h13-14,16H,4-12H2,1-3H3. The molecule has 0 spiro atoms. The van der Waals surface area contributed by atoms with E-state index in [2.05, 4.69) is 31.1 Å². The zero-order valence-electron chi connectivity index (χ0n) is 12.8. The summed E-state index contributed by atoms with van der Waals surface area (Å²) in [5.74, 6) is 0.709. The molecule has 0 radical (unpaired) electrons. The van der Waals surface area contributed by atoms with Crippen LogP contribution in [0.25, 0.3) is 0 Å². The van der Waals surface area contributed by atoms with E-state index in [0.29, 0.717) is 17.4 Å². The van der Waals surface area contributed by atoms with Crippen molar-refractivity contribution in [2.45, 2.75) is 32.7 Å². The van der Waals surface area contributed by atoms with Crippen LogP contribution in [0.15, 0.2) is 0 Å². The van der Waals surface area contributed by atoms with Crippen LogP contribution in [0.3, 0.4) is 0 Å². The Morgan fingerprint density at radius 1 is 1.32 bits per heavy atom. The fourth-order valence-corrected chi connectivity index (χ4v) is 3.12. The highest BCUT2D eigenvalue weighted by atomic mass is 16.5. The van der Waals surface area contributed by atoms with Crippen molar-refractivity contribution in [2.24, 2.45) is 11.3 Å². The van der Waals surface area contributed by atoms with Gasteiger partial charge in [-0.25, -0.2) is 0 Å². The van der Waals surface area contributed by atoms with E-state index in [9.17, 15) is 0 Å². The van der Waals surface area contributed by atoms with Crippen LogP contribution >= 0.6 is 0 Å². The summed E-state index contributed by atoms with van der Waals surface area (Å²) in [6.07, 6.45) is 2.35. The Hall–Kier alpha value is -0.160. The number of nitrogens with zero attached hydrogens (tertiary/aromatic N) is 1. The Morgan fingerprint density at radius 2 is 2.16 bits per heavy atom. The molecule has 2 rings (SSSR count). The second kappa shape index (κ2) is 7.02. The van der Waals surface area contributed by atoms with Crippen LogP contribution < -0.4 is 5.32 Å². The van der Waals surface area contributed by atoms with Crippen LogP contribution in [0.5, 0.6) is 0 Å². The largest absolute Gasteiger partial charge is 0.381 e. The van der Waals surface area contributed by atoms with Crippen LogP contribution in [-0.2, 0) is 9.47 Å². The number of rotatable bonds is 7. The predicted molar refractivity (Wildman–Crippen MR) is 77.4 cm³/mol. The van der Waals surface area contributed by atoms with Gasteiger partial charge in [-0.05, 0) is 32.4 Å². The molecule has 2 aliphatic heterocycles. The van der Waals surface area contributed by atoms with Gasteiger partial charge >= 0.3 is 0 Å². The summed E-state index contributed by atoms with van der Waals surface area (Å²) in [4.78, 5) is 2.48. The van der Waals surface area contributed by atoms with E-state index in [-0.39, 0.29) is 0 Å². The van der Waals surface area contributed by atoms with Gasteiger partial charge in [0.15, 0.2) is 0 Å². The van der Waals surface area contributed by atoms with Gasteiger partial charge in [0.05, 0.1) is 13.2 Å². The number of nitrogens with one attached hydrogen (secondary N) is 1. The second-order valence-corrected chi connectivity index (χ2v) is 6.76. The molecule has 0 aromatic heterocycles. The Kier molecular flexibility index (Phi) is 5.63. The smallest absolute Gasteiger partial charge is 0.0622 e. The van der Waals surface area contributed by atoms with E-state index in [4.69, 9.17) is 9.47 Å². The Balaban J connectivity index is 1.83. The van der Waals surface area contributed by atoms with Crippen molar-refractivity contribution in [3.8, 4) is 0 Å². The van der Waals surface area contributed by atoms with E-state index in [1.54, 1.807) is 0 Å². The van der Waals surface area contributed by atoms with Gasteiger partial charge in [-0.15, -0.1) is 0 Å². The Morgan fingerprint density at radius 3 is 2.74 bits per heavy atom. The van der Waals surface area contributed by atoms with Gasteiger partial charge < -0.3 is 19.7 Å². The van der Waals surface area contributed by atoms with Gasteiger partial charge in [0.2, 0.25) is 0 Å². The number of likely N-dealkylation sites (N-methyl/N-ethyl adjacent to an activating group) is 1. The maximum atomic E-state index is 5.68. The third kappa shape index (κ3) is 4.42. The molecule has 0 saturated carbocycles. The molecule has 112 valence electrons. The molecule has 0 amide bonds. The van der Waals surface area contributed by atoms with Crippen LogP contribution in [-0.4, -0.2) is 64.1 Å². The summed E-state index contributed by atoms with van der Waals surface area (Å²) in [5, 5.41) is 3.63. The van der Waals surface area contributed by atoms with Gasteiger partial charge in [-0.1, -0.05) is 13.8 Å². The van der Waals surface area contributed by atoms with Crippen molar-refractivity contribution in [1.82, 2.24) is 10.2 Å². The van der Waals surface area contributed by atoms with Crippen molar-refractivity contribution < 1.29 is 9.47 Å². The normalized spacial score (nSPS) is 31.7. The monoisotopic (exact) mass is 270 g/mol. The average Bonchev–Trinajstić information content (AvgIpc) is 2.99. The summed E-state index contributed by atoms with van der Waals surface area (Å²) >= 11 is 0. The first-order chi connectivity index (χ1) is 9.11. The topological polar surface area (TPSA) is 33.7 Å². The summed E-state index contributed by atoms with van der Waals surface area (Å²) in [6.45, 7) is 11.4. The predicted octanol–water partition coefficient (Wildman–Crippen LogP) is 1.36.